The lowest BCUT2D eigenvalue weighted by molar-refractivity contribution is -0.116. The van der Waals surface area contributed by atoms with Gasteiger partial charge in [0, 0.05) is 12.6 Å². The molecule has 0 aliphatic rings. The molecule has 150 valence electrons. The van der Waals surface area contributed by atoms with Crippen molar-refractivity contribution in [3.05, 3.63) is 70.8 Å². The van der Waals surface area contributed by atoms with E-state index in [9.17, 15) is 4.79 Å². The highest BCUT2D eigenvalue weighted by Crippen LogP contribution is 2.29. The van der Waals surface area contributed by atoms with Crippen LogP contribution in [0.4, 0.5) is 5.69 Å². The van der Waals surface area contributed by atoms with E-state index in [1.54, 1.807) is 56.8 Å². The third-order valence-electron chi connectivity index (χ3n) is 4.18. The fourth-order valence-corrected chi connectivity index (χ4v) is 3.25. The number of hydrogen-bond acceptors (Lipinski definition) is 5. The third-order valence-corrected chi connectivity index (χ3v) is 4.80. The number of hydrogen-bond donors (Lipinski definition) is 1. The number of aromatic nitrogens is 1. The van der Waals surface area contributed by atoms with E-state index in [-0.39, 0.29) is 5.91 Å². The molecule has 0 spiro atoms. The largest absolute Gasteiger partial charge is 0.497 e. The van der Waals surface area contributed by atoms with Crippen LogP contribution in [0.15, 0.2) is 65.3 Å². The van der Waals surface area contributed by atoms with E-state index in [0.29, 0.717) is 30.2 Å². The maximum absolute atomic E-state index is 12.4. The second-order valence-corrected chi connectivity index (χ2v) is 7.01. The predicted octanol–water partition coefficient (Wildman–Crippen LogP) is 5.22. The van der Waals surface area contributed by atoms with Crippen LogP contribution in [0.25, 0.3) is 0 Å². The first-order valence-electron chi connectivity index (χ1n) is 8.98. The van der Waals surface area contributed by atoms with Gasteiger partial charge in [-0.1, -0.05) is 6.07 Å². The molecule has 3 aromatic rings. The summed E-state index contributed by atoms with van der Waals surface area (Å²) < 4.78 is 17.0. The summed E-state index contributed by atoms with van der Waals surface area (Å²) in [5.74, 6) is 2.30. The molecule has 0 fully saturated rings. The van der Waals surface area contributed by atoms with Crippen molar-refractivity contribution in [2.75, 3.05) is 19.5 Å². The van der Waals surface area contributed by atoms with Crippen molar-refractivity contribution in [2.24, 2.45) is 0 Å². The number of ether oxygens (including phenoxy) is 3. The van der Waals surface area contributed by atoms with E-state index >= 15 is 0 Å². The molecule has 0 atom stereocenters. The molecule has 3 rings (SSSR count). The fourth-order valence-electron chi connectivity index (χ4n) is 2.66. The first-order valence-corrected chi connectivity index (χ1v) is 9.77. The maximum atomic E-state index is 12.4. The number of methoxy groups -OCH3 is 2. The predicted molar refractivity (Wildman–Crippen MR) is 115 cm³/mol. The number of anilines is 1. The van der Waals surface area contributed by atoms with E-state index < -0.39 is 0 Å². The molecule has 1 amide bonds. The van der Waals surface area contributed by atoms with Crippen molar-refractivity contribution in [1.82, 2.24) is 4.98 Å². The molecule has 7 heteroatoms. The molecule has 0 saturated heterocycles. The quantitative estimate of drug-likeness (QED) is 0.502. The van der Waals surface area contributed by atoms with Crippen molar-refractivity contribution >= 4 is 27.5 Å². The highest BCUT2D eigenvalue weighted by atomic mass is 79.9. The lowest BCUT2D eigenvalue weighted by Gasteiger charge is -2.11. The normalized spacial score (nSPS) is 10.3. The van der Waals surface area contributed by atoms with Crippen LogP contribution in [0.1, 0.15) is 12.0 Å². The van der Waals surface area contributed by atoms with Gasteiger partial charge >= 0.3 is 0 Å². The van der Waals surface area contributed by atoms with Gasteiger partial charge in [-0.05, 0) is 76.4 Å². The minimum Gasteiger partial charge on any atom is -0.497 e. The Balaban J connectivity index is 1.62. The molecule has 1 heterocycles. The van der Waals surface area contributed by atoms with Gasteiger partial charge in [-0.3, -0.25) is 4.79 Å². The number of amides is 1. The average Bonchev–Trinajstić information content (AvgIpc) is 2.74. The van der Waals surface area contributed by atoms with Gasteiger partial charge in [-0.15, -0.1) is 0 Å². The Morgan fingerprint density at radius 1 is 1.03 bits per heavy atom. The summed E-state index contributed by atoms with van der Waals surface area (Å²) in [6.07, 6.45) is 2.54. The highest BCUT2D eigenvalue weighted by Gasteiger charge is 2.11. The van der Waals surface area contributed by atoms with Crippen LogP contribution in [-0.2, 0) is 11.2 Å². The Morgan fingerprint density at radius 3 is 2.48 bits per heavy atom. The number of aryl methyl sites for hydroxylation is 1. The van der Waals surface area contributed by atoms with Crippen molar-refractivity contribution in [3.63, 3.8) is 0 Å². The summed E-state index contributed by atoms with van der Waals surface area (Å²) in [6, 6.07) is 16.4. The Labute approximate surface area is 178 Å². The summed E-state index contributed by atoms with van der Waals surface area (Å²) in [6.45, 7) is 0. The van der Waals surface area contributed by atoms with Crippen LogP contribution in [0.2, 0.25) is 0 Å². The van der Waals surface area contributed by atoms with Crippen LogP contribution >= 0.6 is 15.9 Å². The Bertz CT molecular complexity index is 977. The topological polar surface area (TPSA) is 69.7 Å². The molecular weight excluding hydrogens is 436 g/mol. The second kappa shape index (κ2) is 9.93. The van der Waals surface area contributed by atoms with E-state index in [4.69, 9.17) is 14.2 Å². The molecule has 1 N–H and O–H groups in total. The number of pyridine rings is 1. The standard InChI is InChI=1S/C22H21BrN2O4/c1-27-16-7-9-17(10-8-16)29-22-19(4-3-13-24-22)25-21(26)12-6-15-5-11-20(28-2)18(23)14-15/h3-5,7-11,13-14H,6,12H2,1-2H3,(H,25,26). The third kappa shape index (κ3) is 5.71. The molecular formula is C22H21BrN2O4. The summed E-state index contributed by atoms with van der Waals surface area (Å²) in [4.78, 5) is 16.7. The number of carbonyl (C=O) groups is 1. The van der Waals surface area contributed by atoms with E-state index in [1.165, 1.54) is 0 Å². The molecule has 0 aliphatic carbocycles. The zero-order valence-corrected chi connectivity index (χ0v) is 17.7. The van der Waals surface area contributed by atoms with Gasteiger partial charge < -0.3 is 19.5 Å². The van der Waals surface area contributed by atoms with Crippen molar-refractivity contribution in [2.45, 2.75) is 12.8 Å². The molecule has 0 aliphatic heterocycles. The number of halogens is 1. The fraction of sp³-hybridized carbons (Fsp3) is 0.182. The molecule has 0 unspecified atom stereocenters. The Kier molecular flexibility index (Phi) is 7.08. The van der Waals surface area contributed by atoms with Crippen LogP contribution in [0.3, 0.4) is 0 Å². The molecule has 0 radical (unpaired) electrons. The first-order chi connectivity index (χ1) is 14.1. The van der Waals surface area contributed by atoms with Gasteiger partial charge in [0.1, 0.15) is 22.9 Å². The lowest BCUT2D eigenvalue weighted by Crippen LogP contribution is -2.13. The summed E-state index contributed by atoms with van der Waals surface area (Å²) in [5, 5.41) is 2.87. The summed E-state index contributed by atoms with van der Waals surface area (Å²) in [5.41, 5.74) is 1.55. The van der Waals surface area contributed by atoms with Gasteiger partial charge in [0.2, 0.25) is 11.8 Å². The molecule has 1 aromatic heterocycles. The summed E-state index contributed by atoms with van der Waals surface area (Å²) in [7, 11) is 3.22. The van der Waals surface area contributed by atoms with Crippen LogP contribution in [0.5, 0.6) is 23.1 Å². The van der Waals surface area contributed by atoms with E-state index in [0.717, 1.165) is 21.5 Å². The van der Waals surface area contributed by atoms with Crippen LogP contribution in [-0.4, -0.2) is 25.1 Å². The molecule has 29 heavy (non-hydrogen) atoms. The smallest absolute Gasteiger partial charge is 0.243 e. The molecule has 6 nitrogen and oxygen atoms in total. The maximum Gasteiger partial charge on any atom is 0.243 e. The van der Waals surface area contributed by atoms with Gasteiger partial charge in [0.25, 0.3) is 0 Å². The van der Waals surface area contributed by atoms with Gasteiger partial charge in [-0.2, -0.15) is 0 Å². The number of rotatable bonds is 8. The number of nitrogens with zero attached hydrogens (tertiary/aromatic N) is 1. The molecule has 2 aromatic carbocycles. The van der Waals surface area contributed by atoms with Crippen LogP contribution in [0, 0.1) is 0 Å². The number of carbonyl (C=O) groups excluding carboxylic acids is 1. The average molecular weight is 457 g/mol. The number of benzene rings is 2. The van der Waals surface area contributed by atoms with E-state index in [1.807, 2.05) is 18.2 Å². The monoisotopic (exact) mass is 456 g/mol. The zero-order chi connectivity index (χ0) is 20.6. The molecule has 0 bridgehead atoms. The van der Waals surface area contributed by atoms with E-state index in [2.05, 4.69) is 26.2 Å². The van der Waals surface area contributed by atoms with Gasteiger partial charge in [0.05, 0.1) is 18.7 Å². The van der Waals surface area contributed by atoms with Crippen molar-refractivity contribution in [1.29, 1.82) is 0 Å². The van der Waals surface area contributed by atoms with Crippen LogP contribution < -0.4 is 19.5 Å². The SMILES string of the molecule is COc1ccc(Oc2ncccc2NC(=O)CCc2ccc(OC)c(Br)c2)cc1. The van der Waals surface area contributed by atoms with Crippen molar-refractivity contribution in [3.8, 4) is 23.1 Å². The minimum absolute atomic E-state index is 0.121. The molecule has 0 saturated carbocycles. The van der Waals surface area contributed by atoms with Gasteiger partial charge in [0.15, 0.2) is 0 Å². The minimum atomic E-state index is -0.121. The highest BCUT2D eigenvalue weighted by molar-refractivity contribution is 9.10. The Morgan fingerprint density at radius 2 is 1.79 bits per heavy atom. The zero-order valence-electron chi connectivity index (χ0n) is 16.1. The lowest BCUT2D eigenvalue weighted by atomic mass is 10.1. The number of nitrogens with one attached hydrogen (secondary N) is 1. The van der Waals surface area contributed by atoms with Gasteiger partial charge in [-0.25, -0.2) is 4.98 Å². The second-order valence-electron chi connectivity index (χ2n) is 6.15. The summed E-state index contributed by atoms with van der Waals surface area (Å²) >= 11 is 3.46. The first kappa shape index (κ1) is 20.7. The Hall–Kier alpha value is -3.06. The van der Waals surface area contributed by atoms with Crippen molar-refractivity contribution < 1.29 is 19.0 Å².